The first-order valence-corrected chi connectivity index (χ1v) is 16.2. The van der Waals surface area contributed by atoms with E-state index in [9.17, 15) is 38.4 Å². The summed E-state index contributed by atoms with van der Waals surface area (Å²) in [4.78, 5) is 97.9. The zero-order valence-corrected chi connectivity index (χ0v) is 30.7. The summed E-state index contributed by atoms with van der Waals surface area (Å²) < 4.78 is 39.6. The second kappa shape index (κ2) is 20.8. The topological polar surface area (TPSA) is 210 Å². The van der Waals surface area contributed by atoms with E-state index < -0.39 is 90.8 Å². The van der Waals surface area contributed by atoms with E-state index in [-0.39, 0.29) is 28.0 Å². The number of benzene rings is 1. The minimum Gasteiger partial charge on any atom is -0.480 e. The SMILES string of the molecule is C=C(CC)C(=O)c1ccc(OCC(=O)O[C@H](C)C(=O)O[C@H](C)C(=O)O[C@H](C)C(=O)O[C@H](C)C(=O)O[C@H](C)C(=O)O[C@H](C)C(=O)OCC)c(Cl)c1Cl. The van der Waals surface area contributed by atoms with Crippen molar-refractivity contribution in [2.45, 2.75) is 98.4 Å². The van der Waals surface area contributed by atoms with Crippen molar-refractivity contribution in [3.63, 3.8) is 0 Å². The first-order valence-electron chi connectivity index (χ1n) is 15.5. The standard InChI is InChI=1S/C33H40Cl2O16/c1-10-15(3)27(37)22-12-13-23(26(35)25(22)34)45-14-24(36)46-17(5)29(39)48-19(7)31(41)50-21(9)33(43)51-20(8)32(42)49-18(6)30(40)47-16(4)28(38)44-11-2/h12-13,16-21H,3,10-11,14H2,1-2,4-9H3/t16-,17-,18-,19-,20-,21-/m1/s1. The summed E-state index contributed by atoms with van der Waals surface area (Å²) in [5.41, 5.74) is 0.415. The normalized spacial score (nSPS) is 14.2. The van der Waals surface area contributed by atoms with Crippen molar-refractivity contribution in [3.05, 3.63) is 39.9 Å². The van der Waals surface area contributed by atoms with Crippen molar-refractivity contribution >= 4 is 70.8 Å². The fraction of sp³-hybridized carbons (Fsp3) is 0.515. The number of ketones is 1. The highest BCUT2D eigenvalue weighted by Gasteiger charge is 2.32. The molecule has 0 aliphatic carbocycles. The van der Waals surface area contributed by atoms with Crippen molar-refractivity contribution in [3.8, 4) is 5.75 Å². The maximum Gasteiger partial charge on any atom is 0.347 e. The minimum absolute atomic E-state index is 0.0421. The summed E-state index contributed by atoms with van der Waals surface area (Å²) in [5.74, 6) is -8.00. The number of carbonyl (C=O) groups is 8. The molecule has 0 radical (unpaired) electrons. The van der Waals surface area contributed by atoms with Crippen LogP contribution < -0.4 is 4.74 Å². The van der Waals surface area contributed by atoms with Crippen LogP contribution in [0.4, 0.5) is 0 Å². The molecule has 0 saturated carbocycles. The van der Waals surface area contributed by atoms with Gasteiger partial charge in [0, 0.05) is 5.56 Å². The number of halogens is 2. The maximum atomic E-state index is 12.4. The Labute approximate surface area is 303 Å². The van der Waals surface area contributed by atoms with Gasteiger partial charge in [-0.15, -0.1) is 0 Å². The van der Waals surface area contributed by atoms with Gasteiger partial charge in [-0.3, -0.25) is 4.79 Å². The summed E-state index contributed by atoms with van der Waals surface area (Å²) in [6.45, 7) is 13.3. The quantitative estimate of drug-likeness (QED) is 0.0851. The van der Waals surface area contributed by atoms with Crippen molar-refractivity contribution in [2.24, 2.45) is 0 Å². The zero-order valence-electron chi connectivity index (χ0n) is 29.2. The van der Waals surface area contributed by atoms with Gasteiger partial charge in [-0.2, -0.15) is 0 Å². The van der Waals surface area contributed by atoms with Crippen LogP contribution in [0.25, 0.3) is 0 Å². The molecule has 0 spiro atoms. The fourth-order valence-corrected chi connectivity index (χ4v) is 3.90. The highest BCUT2D eigenvalue weighted by atomic mass is 35.5. The molecule has 51 heavy (non-hydrogen) atoms. The lowest BCUT2D eigenvalue weighted by molar-refractivity contribution is -0.188. The Kier molecular flexibility index (Phi) is 18.1. The third-order valence-electron chi connectivity index (χ3n) is 6.44. The molecule has 0 N–H and O–H groups in total. The van der Waals surface area contributed by atoms with Crippen LogP contribution in [0.15, 0.2) is 24.3 Å². The highest BCUT2D eigenvalue weighted by Crippen LogP contribution is 2.35. The molecule has 0 aliphatic heterocycles. The van der Waals surface area contributed by atoms with E-state index in [4.69, 9.17) is 61.1 Å². The average molecular weight is 764 g/mol. The summed E-state index contributed by atoms with van der Waals surface area (Å²) in [7, 11) is 0. The molecular weight excluding hydrogens is 723 g/mol. The first-order chi connectivity index (χ1) is 23.7. The third kappa shape index (κ3) is 13.9. The zero-order chi connectivity index (χ0) is 39.2. The molecule has 0 aliphatic rings. The van der Waals surface area contributed by atoms with Gasteiger partial charge in [0.15, 0.2) is 49.0 Å². The van der Waals surface area contributed by atoms with E-state index in [2.05, 4.69) is 6.58 Å². The second-order valence-electron chi connectivity index (χ2n) is 10.6. The number of Topliss-reactive ketones (excluding diaryl/α,β-unsaturated/α-hetero) is 1. The summed E-state index contributed by atoms with van der Waals surface area (Å²) in [5, 5.41) is -0.241. The minimum atomic E-state index is -1.59. The molecule has 18 heteroatoms. The van der Waals surface area contributed by atoms with Crippen LogP contribution in [0.3, 0.4) is 0 Å². The number of ether oxygens (including phenoxy) is 8. The number of hydrogen-bond acceptors (Lipinski definition) is 16. The Morgan fingerprint density at radius 3 is 1.33 bits per heavy atom. The summed E-state index contributed by atoms with van der Waals surface area (Å²) in [6.07, 6.45) is -8.59. The Morgan fingerprint density at radius 1 is 0.588 bits per heavy atom. The van der Waals surface area contributed by atoms with Crippen LogP contribution in [0.5, 0.6) is 5.75 Å². The molecule has 6 atom stereocenters. The number of rotatable bonds is 19. The van der Waals surface area contributed by atoms with Crippen molar-refractivity contribution < 1.29 is 76.3 Å². The molecule has 0 unspecified atom stereocenters. The van der Waals surface area contributed by atoms with Gasteiger partial charge in [0.1, 0.15) is 10.8 Å². The van der Waals surface area contributed by atoms with E-state index in [1.807, 2.05) is 0 Å². The molecular formula is C33H40Cl2O16. The number of allylic oxidation sites excluding steroid dienone is 1. The molecule has 16 nitrogen and oxygen atoms in total. The maximum absolute atomic E-state index is 12.4. The van der Waals surface area contributed by atoms with E-state index in [0.717, 1.165) is 27.7 Å². The summed E-state index contributed by atoms with van der Waals surface area (Å²) in [6, 6.07) is 2.68. The predicted molar refractivity (Wildman–Crippen MR) is 176 cm³/mol. The van der Waals surface area contributed by atoms with E-state index >= 15 is 0 Å². The Bertz CT molecular complexity index is 1510. The molecule has 282 valence electrons. The fourth-order valence-electron chi connectivity index (χ4n) is 3.44. The Morgan fingerprint density at radius 2 is 0.961 bits per heavy atom. The van der Waals surface area contributed by atoms with Gasteiger partial charge in [0.25, 0.3) is 0 Å². The first kappa shape index (κ1) is 44.3. The van der Waals surface area contributed by atoms with Gasteiger partial charge in [-0.1, -0.05) is 36.7 Å². The molecule has 1 aromatic carbocycles. The Balaban J connectivity index is 2.58. The summed E-state index contributed by atoms with van der Waals surface area (Å²) >= 11 is 12.4. The largest absolute Gasteiger partial charge is 0.480 e. The number of hydrogen-bond donors (Lipinski definition) is 0. The molecule has 0 fully saturated rings. The smallest absolute Gasteiger partial charge is 0.347 e. The monoisotopic (exact) mass is 762 g/mol. The lowest BCUT2D eigenvalue weighted by atomic mass is 10.0. The third-order valence-corrected chi connectivity index (χ3v) is 7.30. The van der Waals surface area contributed by atoms with Crippen LogP contribution in [0.1, 0.15) is 72.2 Å². The number of carbonyl (C=O) groups excluding carboxylic acids is 8. The van der Waals surface area contributed by atoms with E-state index in [0.29, 0.717) is 12.0 Å². The van der Waals surface area contributed by atoms with Crippen molar-refractivity contribution in [1.29, 1.82) is 0 Å². The van der Waals surface area contributed by atoms with E-state index in [1.165, 1.54) is 26.0 Å². The number of esters is 7. The molecule has 0 heterocycles. The van der Waals surface area contributed by atoms with Crippen LogP contribution in [0, 0.1) is 0 Å². The van der Waals surface area contributed by atoms with E-state index in [1.54, 1.807) is 13.8 Å². The van der Waals surface area contributed by atoms with Gasteiger partial charge >= 0.3 is 41.8 Å². The van der Waals surface area contributed by atoms with Crippen LogP contribution >= 0.6 is 23.2 Å². The van der Waals surface area contributed by atoms with Gasteiger partial charge in [0.2, 0.25) is 0 Å². The van der Waals surface area contributed by atoms with Crippen molar-refractivity contribution in [2.75, 3.05) is 13.2 Å². The molecule has 1 aromatic rings. The van der Waals surface area contributed by atoms with Crippen molar-refractivity contribution in [1.82, 2.24) is 0 Å². The van der Waals surface area contributed by atoms with Crippen LogP contribution in [0.2, 0.25) is 10.0 Å². The van der Waals surface area contributed by atoms with Gasteiger partial charge in [0.05, 0.1) is 11.6 Å². The average Bonchev–Trinajstić information content (AvgIpc) is 3.07. The lowest BCUT2D eigenvalue weighted by Gasteiger charge is -2.20. The second-order valence-corrected chi connectivity index (χ2v) is 11.3. The predicted octanol–water partition coefficient (Wildman–Crippen LogP) is 3.67. The molecule has 0 saturated heterocycles. The van der Waals surface area contributed by atoms with Crippen LogP contribution in [-0.4, -0.2) is 97.4 Å². The van der Waals surface area contributed by atoms with Gasteiger partial charge in [-0.05, 0) is 72.6 Å². The lowest BCUT2D eigenvalue weighted by Crippen LogP contribution is -2.39. The molecule has 0 amide bonds. The molecule has 0 aromatic heterocycles. The van der Waals surface area contributed by atoms with Crippen LogP contribution in [-0.2, 0) is 66.7 Å². The highest BCUT2D eigenvalue weighted by molar-refractivity contribution is 6.45. The Hall–Kier alpha value is -4.70. The van der Waals surface area contributed by atoms with Gasteiger partial charge < -0.3 is 37.9 Å². The molecule has 0 bridgehead atoms. The van der Waals surface area contributed by atoms with Gasteiger partial charge in [-0.25, -0.2) is 33.6 Å². The molecule has 1 rings (SSSR count).